The van der Waals surface area contributed by atoms with Gasteiger partial charge in [-0.05, 0) is 46.9 Å². The Bertz CT molecular complexity index is 1290. The molecule has 0 amide bonds. The van der Waals surface area contributed by atoms with Gasteiger partial charge in [-0.25, -0.2) is 15.3 Å². The molecule has 0 saturated carbocycles. The van der Waals surface area contributed by atoms with E-state index in [1.54, 1.807) is 0 Å². The van der Waals surface area contributed by atoms with Gasteiger partial charge in [-0.2, -0.15) is 26.3 Å². The largest absolute Gasteiger partial charge is 0.496 e. The van der Waals surface area contributed by atoms with Crippen LogP contribution in [0.4, 0.5) is 26.3 Å². The first-order valence-corrected chi connectivity index (χ1v) is 11.3. The van der Waals surface area contributed by atoms with Crippen LogP contribution in [0.1, 0.15) is 54.8 Å². The zero-order valence-corrected chi connectivity index (χ0v) is 20.4. The molecule has 1 N–H and O–H groups in total. The van der Waals surface area contributed by atoms with Gasteiger partial charge >= 0.3 is 12.4 Å². The second kappa shape index (κ2) is 9.41. The van der Waals surface area contributed by atoms with E-state index in [0.29, 0.717) is 23.4 Å². The molecule has 0 saturated heterocycles. The first kappa shape index (κ1) is 26.5. The van der Waals surface area contributed by atoms with Crippen LogP contribution in [0.3, 0.4) is 0 Å². The first-order chi connectivity index (χ1) is 17.2. The molecule has 0 fully saturated rings. The number of benzene rings is 3. The van der Waals surface area contributed by atoms with Crippen molar-refractivity contribution in [1.82, 2.24) is 5.48 Å². The molecule has 1 atom stereocenters. The summed E-state index contributed by atoms with van der Waals surface area (Å²) in [5.74, 6) is 0.169. The van der Waals surface area contributed by atoms with Crippen molar-refractivity contribution in [1.29, 1.82) is 0 Å². The van der Waals surface area contributed by atoms with Crippen molar-refractivity contribution in [2.24, 2.45) is 4.99 Å². The number of hydroxylamine groups is 1. The lowest BCUT2D eigenvalue weighted by Gasteiger charge is -2.24. The number of halogens is 6. The average molecular weight is 522 g/mol. The highest BCUT2D eigenvalue weighted by Crippen LogP contribution is 2.43. The van der Waals surface area contributed by atoms with E-state index in [9.17, 15) is 26.3 Å². The molecule has 1 unspecified atom stereocenters. The molecule has 196 valence electrons. The highest BCUT2D eigenvalue weighted by Gasteiger charge is 2.38. The second-order valence-electron chi connectivity index (χ2n) is 9.61. The Labute approximate surface area is 209 Å². The molecule has 3 aromatic carbocycles. The van der Waals surface area contributed by atoms with Crippen LogP contribution in [-0.4, -0.2) is 12.9 Å². The number of methoxy groups -OCH3 is 1. The number of alkyl halides is 6. The van der Waals surface area contributed by atoms with Gasteiger partial charge in [-0.1, -0.05) is 51.1 Å². The van der Waals surface area contributed by atoms with Gasteiger partial charge in [0.2, 0.25) is 6.23 Å². The zero-order valence-electron chi connectivity index (χ0n) is 20.4. The number of amidine groups is 1. The minimum absolute atomic E-state index is 0.0688. The summed E-state index contributed by atoms with van der Waals surface area (Å²) in [6.45, 7) is 6.03. The minimum Gasteiger partial charge on any atom is -0.496 e. The summed E-state index contributed by atoms with van der Waals surface area (Å²) < 4.78 is 85.8. The molecule has 0 aromatic heterocycles. The monoisotopic (exact) mass is 522 g/mol. The van der Waals surface area contributed by atoms with E-state index in [-0.39, 0.29) is 17.3 Å². The minimum atomic E-state index is -4.98. The number of nitrogens with zero attached hydrogens (tertiary/aromatic N) is 1. The van der Waals surface area contributed by atoms with Gasteiger partial charge < -0.3 is 4.74 Å². The Balaban J connectivity index is 1.86. The molecule has 37 heavy (non-hydrogen) atoms. The molecule has 1 aliphatic rings. The zero-order chi connectivity index (χ0) is 27.2. The van der Waals surface area contributed by atoms with Crippen LogP contribution in [-0.2, 0) is 22.6 Å². The predicted octanol–water partition coefficient (Wildman–Crippen LogP) is 7.68. The van der Waals surface area contributed by atoms with Crippen molar-refractivity contribution in [3.05, 3.63) is 88.5 Å². The summed E-state index contributed by atoms with van der Waals surface area (Å²) in [4.78, 5) is 9.87. The quantitative estimate of drug-likeness (QED) is 0.358. The lowest BCUT2D eigenvalue weighted by molar-refractivity contribution is -0.143. The number of rotatable bonds is 4. The van der Waals surface area contributed by atoms with Gasteiger partial charge in [0.05, 0.1) is 18.2 Å². The van der Waals surface area contributed by atoms with Crippen molar-refractivity contribution >= 4 is 5.84 Å². The van der Waals surface area contributed by atoms with Crippen molar-refractivity contribution in [3.63, 3.8) is 0 Å². The van der Waals surface area contributed by atoms with Crippen LogP contribution in [0.2, 0.25) is 0 Å². The molecular formula is C27H24F6N2O2. The van der Waals surface area contributed by atoms with Crippen LogP contribution < -0.4 is 10.2 Å². The van der Waals surface area contributed by atoms with Gasteiger partial charge in [0.15, 0.2) is 5.84 Å². The van der Waals surface area contributed by atoms with E-state index in [1.165, 1.54) is 7.11 Å². The first-order valence-electron chi connectivity index (χ1n) is 11.3. The normalized spacial score (nSPS) is 16.4. The standard InChI is InChI=1S/C27H24F6N2O2/c1-25(2,3)17-13-20(15-8-6-5-7-9-15)22(36-4)21(14-17)24-34-23(35-37-24)16-10-18(26(28,29)30)12-19(11-16)27(31,32)33/h5-14,24H,1-4H3,(H,34,35). The second-order valence-corrected chi connectivity index (χ2v) is 9.61. The number of nitrogens with one attached hydrogen (secondary N) is 1. The molecule has 0 bridgehead atoms. The Hall–Kier alpha value is -3.53. The number of ether oxygens (including phenoxy) is 1. The van der Waals surface area contributed by atoms with E-state index >= 15 is 0 Å². The SMILES string of the molecule is COc1c(-c2ccccc2)cc(C(C)(C)C)cc1C1N=C(c2cc(C(F)(F)F)cc(C(F)(F)F)c2)NO1. The average Bonchev–Trinajstić information content (AvgIpc) is 3.32. The van der Waals surface area contributed by atoms with Crippen molar-refractivity contribution in [2.45, 2.75) is 44.8 Å². The number of hydrogen-bond acceptors (Lipinski definition) is 4. The van der Waals surface area contributed by atoms with Crippen LogP contribution >= 0.6 is 0 Å². The maximum atomic E-state index is 13.3. The molecule has 1 aliphatic heterocycles. The Kier molecular flexibility index (Phi) is 6.74. The number of hydrogen-bond donors (Lipinski definition) is 1. The van der Waals surface area contributed by atoms with Crippen LogP contribution in [0.25, 0.3) is 11.1 Å². The molecule has 3 aromatic rings. The summed E-state index contributed by atoms with van der Waals surface area (Å²) in [6.07, 6.45) is -11.0. The lowest BCUT2D eigenvalue weighted by Crippen LogP contribution is -2.21. The molecule has 4 rings (SSSR count). The van der Waals surface area contributed by atoms with Crippen molar-refractivity contribution in [3.8, 4) is 16.9 Å². The summed E-state index contributed by atoms with van der Waals surface area (Å²) in [5.41, 5.74) is 1.81. The van der Waals surface area contributed by atoms with Crippen molar-refractivity contribution < 1.29 is 35.9 Å². The third kappa shape index (κ3) is 5.58. The van der Waals surface area contributed by atoms with Gasteiger partial charge in [0, 0.05) is 16.7 Å². The fourth-order valence-corrected chi connectivity index (χ4v) is 3.97. The van der Waals surface area contributed by atoms with E-state index in [4.69, 9.17) is 9.57 Å². The Morgan fingerprint density at radius 1 is 0.784 bits per heavy atom. The fraction of sp³-hybridized carbons (Fsp3) is 0.296. The Morgan fingerprint density at radius 3 is 1.89 bits per heavy atom. The maximum Gasteiger partial charge on any atom is 0.416 e. The smallest absolute Gasteiger partial charge is 0.416 e. The molecule has 0 radical (unpaired) electrons. The molecule has 0 spiro atoms. The highest BCUT2D eigenvalue weighted by atomic mass is 19.4. The number of aliphatic imine (C=N–C) groups is 1. The van der Waals surface area contributed by atoms with Crippen molar-refractivity contribution in [2.75, 3.05) is 7.11 Å². The third-order valence-electron chi connectivity index (χ3n) is 5.91. The lowest BCUT2D eigenvalue weighted by atomic mass is 9.83. The molecule has 10 heteroatoms. The molecular weight excluding hydrogens is 498 g/mol. The van der Waals surface area contributed by atoms with E-state index in [0.717, 1.165) is 16.7 Å². The van der Waals surface area contributed by atoms with Gasteiger partial charge in [-0.3, -0.25) is 0 Å². The third-order valence-corrected chi connectivity index (χ3v) is 5.91. The van der Waals surface area contributed by atoms with Crippen LogP contribution in [0.15, 0.2) is 65.7 Å². The summed E-state index contributed by atoms with van der Waals surface area (Å²) in [6, 6.07) is 14.5. The molecule has 4 nitrogen and oxygen atoms in total. The molecule has 0 aliphatic carbocycles. The van der Waals surface area contributed by atoms with Gasteiger partial charge in [0.25, 0.3) is 0 Å². The van der Waals surface area contributed by atoms with E-state index in [2.05, 4.69) is 10.5 Å². The molecule has 1 heterocycles. The van der Waals surface area contributed by atoms with E-state index < -0.39 is 35.3 Å². The topological polar surface area (TPSA) is 42.8 Å². The van der Waals surface area contributed by atoms with Crippen LogP contribution in [0.5, 0.6) is 5.75 Å². The van der Waals surface area contributed by atoms with Gasteiger partial charge in [0.1, 0.15) is 5.75 Å². The summed E-state index contributed by atoms with van der Waals surface area (Å²) in [7, 11) is 1.47. The van der Waals surface area contributed by atoms with E-state index in [1.807, 2.05) is 63.2 Å². The van der Waals surface area contributed by atoms with Crippen LogP contribution in [0, 0.1) is 0 Å². The highest BCUT2D eigenvalue weighted by molar-refractivity contribution is 5.99. The predicted molar refractivity (Wildman–Crippen MR) is 127 cm³/mol. The van der Waals surface area contributed by atoms with Gasteiger partial charge in [-0.15, -0.1) is 0 Å². The summed E-state index contributed by atoms with van der Waals surface area (Å²) >= 11 is 0. The summed E-state index contributed by atoms with van der Waals surface area (Å²) in [5, 5.41) is 0. The Morgan fingerprint density at radius 2 is 1.38 bits per heavy atom. The maximum absolute atomic E-state index is 13.3. The fourth-order valence-electron chi connectivity index (χ4n) is 3.97.